The minimum absolute atomic E-state index is 0.183. The molecule has 0 radical (unpaired) electrons. The lowest BCUT2D eigenvalue weighted by Crippen LogP contribution is -2.50. The lowest BCUT2D eigenvalue weighted by Gasteiger charge is -2.37. The fourth-order valence-electron chi connectivity index (χ4n) is 2.68. The van der Waals surface area contributed by atoms with Crippen molar-refractivity contribution in [1.29, 1.82) is 0 Å². The van der Waals surface area contributed by atoms with E-state index in [0.29, 0.717) is 0 Å². The topological polar surface area (TPSA) is 40.8 Å². The molecule has 1 aliphatic rings. The highest BCUT2D eigenvalue weighted by Gasteiger charge is 2.24. The minimum atomic E-state index is -0.183. The molecule has 1 fully saturated rings. The molecule has 0 unspecified atom stereocenters. The van der Waals surface area contributed by atoms with Gasteiger partial charge in [0.1, 0.15) is 5.65 Å². The van der Waals surface area contributed by atoms with Crippen LogP contribution in [0.3, 0.4) is 0 Å². The highest BCUT2D eigenvalue weighted by atomic mass is 16.3. The van der Waals surface area contributed by atoms with E-state index in [4.69, 9.17) is 0 Å². The summed E-state index contributed by atoms with van der Waals surface area (Å²) >= 11 is 0. The Morgan fingerprint density at radius 2 is 1.74 bits per heavy atom. The van der Waals surface area contributed by atoms with Crippen molar-refractivity contribution >= 4 is 22.4 Å². The Hall–Kier alpha value is -2.07. The first kappa shape index (κ1) is 17.3. The van der Waals surface area contributed by atoms with Gasteiger partial charge in [0.05, 0.1) is 17.1 Å². The van der Waals surface area contributed by atoms with Crippen LogP contribution in [0.5, 0.6) is 0 Å². The molecule has 4 rings (SSSR count). The van der Waals surface area contributed by atoms with Crippen molar-refractivity contribution in [1.82, 2.24) is 9.38 Å². The summed E-state index contributed by atoms with van der Waals surface area (Å²) < 4.78 is 2.11. The van der Waals surface area contributed by atoms with Crippen molar-refractivity contribution in [2.45, 2.75) is 40.7 Å². The van der Waals surface area contributed by atoms with Gasteiger partial charge >= 0.3 is 0 Å². The van der Waals surface area contributed by atoms with Crippen LogP contribution in [0.2, 0.25) is 0 Å². The lowest BCUT2D eigenvalue weighted by molar-refractivity contribution is 0.142. The van der Waals surface area contributed by atoms with Crippen LogP contribution in [0.4, 0.5) is 5.69 Å². The van der Waals surface area contributed by atoms with Gasteiger partial charge in [-0.25, -0.2) is 4.98 Å². The number of imidazole rings is 1. The third-order valence-electron chi connectivity index (χ3n) is 3.77. The quantitative estimate of drug-likeness (QED) is 0.737. The van der Waals surface area contributed by atoms with E-state index >= 15 is 0 Å². The molecule has 124 valence electrons. The predicted octanol–water partition coefficient (Wildman–Crippen LogP) is 4.03. The number of pyridine rings is 1. The molecule has 0 atom stereocenters. The number of benzene rings is 1. The van der Waals surface area contributed by atoms with E-state index in [1.807, 2.05) is 27.7 Å². The zero-order valence-corrected chi connectivity index (χ0v) is 14.7. The van der Waals surface area contributed by atoms with Crippen LogP contribution in [0.15, 0.2) is 36.5 Å². The van der Waals surface area contributed by atoms with Gasteiger partial charge in [0.15, 0.2) is 0 Å². The predicted molar refractivity (Wildman–Crippen MR) is 98.4 cm³/mol. The second-order valence-electron chi connectivity index (χ2n) is 5.28. The zero-order chi connectivity index (χ0) is 17.0. The van der Waals surface area contributed by atoms with Crippen molar-refractivity contribution in [2.75, 3.05) is 18.0 Å². The number of aliphatic hydroxyl groups excluding tert-OH is 1. The van der Waals surface area contributed by atoms with Gasteiger partial charge in [-0.05, 0) is 30.7 Å². The first-order valence-electron chi connectivity index (χ1n) is 8.52. The molecule has 0 spiro atoms. The maximum Gasteiger partial charge on any atom is 0.139 e. The van der Waals surface area contributed by atoms with Gasteiger partial charge in [-0.15, -0.1) is 0 Å². The monoisotopic (exact) mass is 313 g/mol. The molecule has 4 nitrogen and oxygen atoms in total. The summed E-state index contributed by atoms with van der Waals surface area (Å²) in [6.07, 6.45) is 1.87. The molecule has 2 aromatic heterocycles. The van der Waals surface area contributed by atoms with Gasteiger partial charge in [-0.1, -0.05) is 33.8 Å². The Kier molecular flexibility index (Phi) is 5.61. The molecule has 0 bridgehead atoms. The van der Waals surface area contributed by atoms with Crippen molar-refractivity contribution in [2.24, 2.45) is 0 Å². The number of aliphatic hydroxyl groups is 1. The number of aryl methyl sites for hydroxylation is 1. The second-order valence-corrected chi connectivity index (χ2v) is 5.28. The summed E-state index contributed by atoms with van der Waals surface area (Å²) in [6, 6.07) is 10.5. The summed E-state index contributed by atoms with van der Waals surface area (Å²) in [5, 5.41) is 9.38. The van der Waals surface area contributed by atoms with E-state index < -0.39 is 0 Å². The molecule has 1 aliphatic heterocycles. The first-order valence-corrected chi connectivity index (χ1v) is 8.52. The zero-order valence-electron chi connectivity index (χ0n) is 14.7. The summed E-state index contributed by atoms with van der Waals surface area (Å²) in [4.78, 5) is 6.83. The average molecular weight is 313 g/mol. The SMILES string of the molecule is CC.CC.Cc1ccc2c(c1)nc1cc(N3CC(O)C3)ccn12. The van der Waals surface area contributed by atoms with Crippen molar-refractivity contribution in [3.63, 3.8) is 0 Å². The molecule has 4 heteroatoms. The van der Waals surface area contributed by atoms with Gasteiger partial charge in [0.25, 0.3) is 0 Å². The first-order chi connectivity index (χ1) is 11.2. The fraction of sp³-hybridized carbons (Fsp3) is 0.421. The Morgan fingerprint density at radius 3 is 2.39 bits per heavy atom. The summed E-state index contributed by atoms with van der Waals surface area (Å²) in [6.45, 7) is 11.5. The van der Waals surface area contributed by atoms with Gasteiger partial charge in [0.2, 0.25) is 0 Å². The molecule has 1 aromatic carbocycles. The van der Waals surface area contributed by atoms with Crippen LogP contribution in [-0.2, 0) is 0 Å². The van der Waals surface area contributed by atoms with Crippen LogP contribution in [0.1, 0.15) is 33.3 Å². The van der Waals surface area contributed by atoms with E-state index in [0.717, 1.165) is 35.5 Å². The molecular weight excluding hydrogens is 286 g/mol. The van der Waals surface area contributed by atoms with Gasteiger partial charge in [-0.2, -0.15) is 0 Å². The number of hydrogen-bond acceptors (Lipinski definition) is 3. The molecule has 0 amide bonds. The highest BCUT2D eigenvalue weighted by molar-refractivity contribution is 5.82. The Bertz CT molecular complexity index is 773. The second kappa shape index (κ2) is 7.47. The molecule has 3 aromatic rings. The fourth-order valence-corrected chi connectivity index (χ4v) is 2.68. The van der Waals surface area contributed by atoms with E-state index in [-0.39, 0.29) is 6.10 Å². The number of anilines is 1. The minimum Gasteiger partial charge on any atom is -0.389 e. The van der Waals surface area contributed by atoms with Crippen molar-refractivity contribution < 1.29 is 5.11 Å². The van der Waals surface area contributed by atoms with Crippen LogP contribution < -0.4 is 4.90 Å². The van der Waals surface area contributed by atoms with Crippen molar-refractivity contribution in [3.05, 3.63) is 42.1 Å². The molecule has 3 heterocycles. The smallest absolute Gasteiger partial charge is 0.139 e. The van der Waals surface area contributed by atoms with Crippen LogP contribution in [-0.4, -0.2) is 33.7 Å². The Balaban J connectivity index is 0.000000448. The normalized spacial score (nSPS) is 13.9. The third-order valence-corrected chi connectivity index (χ3v) is 3.77. The highest BCUT2D eigenvalue weighted by Crippen LogP contribution is 2.25. The molecule has 1 saturated heterocycles. The molecule has 1 N–H and O–H groups in total. The van der Waals surface area contributed by atoms with E-state index in [1.165, 1.54) is 5.56 Å². The maximum absolute atomic E-state index is 9.38. The molecule has 23 heavy (non-hydrogen) atoms. The number of β-amino-alcohol motifs (C(OH)–C–C–N with tert-alkyl or cyclic N) is 1. The average Bonchev–Trinajstić information content (AvgIpc) is 2.92. The van der Waals surface area contributed by atoms with Crippen molar-refractivity contribution in [3.8, 4) is 0 Å². The van der Waals surface area contributed by atoms with Crippen LogP contribution >= 0.6 is 0 Å². The third kappa shape index (κ3) is 3.32. The van der Waals surface area contributed by atoms with E-state index in [9.17, 15) is 5.11 Å². The standard InChI is InChI=1S/C15H15N3O.2C2H6/c1-10-2-3-14-13(6-10)16-15-7-11(4-5-18(14)15)17-8-12(19)9-17;2*1-2/h2-7,12,19H,8-9H2,1H3;2*1-2H3. The number of nitrogens with zero attached hydrogens (tertiary/aromatic N) is 3. The summed E-state index contributed by atoms with van der Waals surface area (Å²) in [7, 11) is 0. The van der Waals surface area contributed by atoms with E-state index in [2.05, 4.69) is 57.7 Å². The van der Waals surface area contributed by atoms with E-state index in [1.54, 1.807) is 0 Å². The molecule has 0 saturated carbocycles. The van der Waals surface area contributed by atoms with Crippen LogP contribution in [0, 0.1) is 6.92 Å². The van der Waals surface area contributed by atoms with Gasteiger partial charge < -0.3 is 10.0 Å². The molecular formula is C19H27N3O. The summed E-state index contributed by atoms with van der Waals surface area (Å²) in [5.41, 5.74) is 5.47. The number of rotatable bonds is 1. The number of aromatic nitrogens is 2. The largest absolute Gasteiger partial charge is 0.389 e. The summed E-state index contributed by atoms with van der Waals surface area (Å²) in [5.74, 6) is 0. The maximum atomic E-state index is 9.38. The Morgan fingerprint density at radius 1 is 1.04 bits per heavy atom. The van der Waals surface area contributed by atoms with Gasteiger partial charge in [0, 0.05) is 31.0 Å². The number of hydrogen-bond donors (Lipinski definition) is 1. The lowest BCUT2D eigenvalue weighted by atomic mass is 10.1. The number of fused-ring (bicyclic) bond motifs is 3. The Labute approximate surface area is 138 Å². The molecule has 0 aliphatic carbocycles. The van der Waals surface area contributed by atoms with Crippen LogP contribution in [0.25, 0.3) is 16.7 Å². The van der Waals surface area contributed by atoms with Gasteiger partial charge in [-0.3, -0.25) is 4.40 Å².